The lowest BCUT2D eigenvalue weighted by Gasteiger charge is -2.08. The van der Waals surface area contributed by atoms with Crippen LogP contribution in [0.3, 0.4) is 0 Å². The van der Waals surface area contributed by atoms with Gasteiger partial charge in [-0.05, 0) is 43.4 Å². The molecule has 1 atom stereocenters. The molecule has 0 aliphatic rings. The summed E-state index contributed by atoms with van der Waals surface area (Å²) >= 11 is 0. The van der Waals surface area contributed by atoms with Gasteiger partial charge in [0.1, 0.15) is 0 Å². The molecule has 1 aromatic heterocycles. The fourth-order valence-electron chi connectivity index (χ4n) is 2.28. The first-order valence-corrected chi connectivity index (χ1v) is 7.24. The zero-order valence-corrected chi connectivity index (χ0v) is 12.2. The summed E-state index contributed by atoms with van der Waals surface area (Å²) in [6, 6.07) is 8.19. The predicted molar refractivity (Wildman–Crippen MR) is 83.7 cm³/mol. The third-order valence-electron chi connectivity index (χ3n) is 3.35. The van der Waals surface area contributed by atoms with Gasteiger partial charge < -0.3 is 15.6 Å². The molecule has 4 nitrogen and oxygen atoms in total. The van der Waals surface area contributed by atoms with E-state index >= 15 is 0 Å². The summed E-state index contributed by atoms with van der Waals surface area (Å²) in [5.74, 6) is 0.0234. The largest absolute Gasteiger partial charge is 0.347 e. The van der Waals surface area contributed by atoms with E-state index in [1.54, 1.807) is 0 Å². The zero-order chi connectivity index (χ0) is 14.5. The van der Waals surface area contributed by atoms with Crippen LogP contribution in [0.4, 0.5) is 5.69 Å². The van der Waals surface area contributed by atoms with E-state index < -0.39 is 0 Å². The van der Waals surface area contributed by atoms with Crippen LogP contribution in [0.1, 0.15) is 33.1 Å². The highest BCUT2D eigenvalue weighted by atomic mass is 16.1. The molecule has 0 saturated heterocycles. The highest BCUT2D eigenvalue weighted by Crippen LogP contribution is 2.21. The van der Waals surface area contributed by atoms with Crippen molar-refractivity contribution in [3.63, 3.8) is 0 Å². The second-order valence-corrected chi connectivity index (χ2v) is 5.35. The molecule has 1 amide bonds. The molecule has 2 aromatic rings. The van der Waals surface area contributed by atoms with E-state index in [0.29, 0.717) is 12.8 Å². The lowest BCUT2D eigenvalue weighted by Crippen LogP contribution is -2.19. The number of amides is 1. The Morgan fingerprint density at radius 1 is 1.40 bits per heavy atom. The number of hydrogen-bond donors (Lipinski definition) is 2. The first-order chi connectivity index (χ1) is 9.60. The molecule has 1 unspecified atom stereocenters. The minimum absolute atomic E-state index is 0.0234. The second-order valence-electron chi connectivity index (χ2n) is 5.35. The predicted octanol–water partition coefficient (Wildman–Crippen LogP) is 3.12. The van der Waals surface area contributed by atoms with Crippen molar-refractivity contribution in [1.82, 2.24) is 4.57 Å². The summed E-state index contributed by atoms with van der Waals surface area (Å²) in [5, 5.41) is 4.14. The Morgan fingerprint density at radius 2 is 2.20 bits per heavy atom. The van der Waals surface area contributed by atoms with Crippen molar-refractivity contribution in [2.75, 3.05) is 5.32 Å². The van der Waals surface area contributed by atoms with Crippen molar-refractivity contribution in [1.29, 1.82) is 0 Å². The van der Waals surface area contributed by atoms with E-state index in [1.165, 1.54) is 5.39 Å². The van der Waals surface area contributed by atoms with Crippen LogP contribution < -0.4 is 11.1 Å². The van der Waals surface area contributed by atoms with Gasteiger partial charge in [0.15, 0.2) is 0 Å². The topological polar surface area (TPSA) is 60.0 Å². The Kier molecular flexibility index (Phi) is 4.79. The number of hydrogen-bond acceptors (Lipinski definition) is 2. The van der Waals surface area contributed by atoms with Gasteiger partial charge in [-0.1, -0.05) is 13.0 Å². The van der Waals surface area contributed by atoms with Crippen LogP contribution in [0.5, 0.6) is 0 Å². The molecule has 108 valence electrons. The molecule has 0 aliphatic carbocycles. The summed E-state index contributed by atoms with van der Waals surface area (Å²) < 4.78 is 2.22. The fourth-order valence-corrected chi connectivity index (χ4v) is 2.28. The minimum Gasteiger partial charge on any atom is -0.347 e. The van der Waals surface area contributed by atoms with Gasteiger partial charge in [-0.2, -0.15) is 0 Å². The Bertz CT molecular complexity index is 586. The average molecular weight is 273 g/mol. The van der Waals surface area contributed by atoms with Crippen molar-refractivity contribution < 1.29 is 4.79 Å². The molecular weight excluding hydrogens is 250 g/mol. The van der Waals surface area contributed by atoms with Crippen LogP contribution in [-0.4, -0.2) is 16.5 Å². The molecule has 2 rings (SSSR count). The Labute approximate surface area is 120 Å². The number of nitrogens with zero attached hydrogens (tertiary/aromatic N) is 1. The fraction of sp³-hybridized carbons (Fsp3) is 0.438. The third-order valence-corrected chi connectivity index (χ3v) is 3.35. The maximum atomic E-state index is 11.8. The first kappa shape index (κ1) is 14.6. The minimum atomic E-state index is 0.0234. The number of carbonyl (C=O) groups is 1. The molecule has 4 heteroatoms. The smallest absolute Gasteiger partial charge is 0.224 e. The third kappa shape index (κ3) is 3.61. The first-order valence-electron chi connectivity index (χ1n) is 7.24. The molecular formula is C16H23N3O. The maximum Gasteiger partial charge on any atom is 0.224 e. The van der Waals surface area contributed by atoms with Gasteiger partial charge in [-0.3, -0.25) is 4.79 Å². The highest BCUT2D eigenvalue weighted by molar-refractivity contribution is 5.93. The van der Waals surface area contributed by atoms with Crippen LogP contribution in [0.15, 0.2) is 30.5 Å². The van der Waals surface area contributed by atoms with Crippen molar-refractivity contribution in [2.24, 2.45) is 5.73 Å². The van der Waals surface area contributed by atoms with E-state index in [1.807, 2.05) is 25.1 Å². The summed E-state index contributed by atoms with van der Waals surface area (Å²) in [6.07, 6.45) is 4.36. The van der Waals surface area contributed by atoms with Crippen LogP contribution in [0.25, 0.3) is 10.9 Å². The number of nitrogens with one attached hydrogen (secondary N) is 1. The Hall–Kier alpha value is -1.81. The zero-order valence-electron chi connectivity index (χ0n) is 12.2. The van der Waals surface area contributed by atoms with Crippen LogP contribution >= 0.6 is 0 Å². The van der Waals surface area contributed by atoms with Gasteiger partial charge in [0.25, 0.3) is 0 Å². The lowest BCUT2D eigenvalue weighted by atomic mass is 10.2. The second kappa shape index (κ2) is 6.57. The molecule has 0 aliphatic heterocycles. The standard InChI is InChI=1S/C16H23N3O/c1-3-9-19-10-8-13-5-6-14(11-15(13)19)18-16(20)7-4-12(2)17/h5-6,8,10-12H,3-4,7,9,17H2,1-2H3,(H,18,20). The Balaban J connectivity index is 2.10. The summed E-state index contributed by atoms with van der Waals surface area (Å²) in [4.78, 5) is 11.8. The van der Waals surface area contributed by atoms with E-state index in [-0.39, 0.29) is 11.9 Å². The maximum absolute atomic E-state index is 11.8. The van der Waals surface area contributed by atoms with Gasteiger partial charge in [-0.25, -0.2) is 0 Å². The van der Waals surface area contributed by atoms with Crippen molar-refractivity contribution >= 4 is 22.5 Å². The van der Waals surface area contributed by atoms with E-state index in [2.05, 4.69) is 29.1 Å². The molecule has 0 saturated carbocycles. The van der Waals surface area contributed by atoms with E-state index in [4.69, 9.17) is 5.73 Å². The average Bonchev–Trinajstić information content (AvgIpc) is 2.80. The summed E-state index contributed by atoms with van der Waals surface area (Å²) in [6.45, 7) is 5.06. The SMILES string of the molecule is CCCn1ccc2ccc(NC(=O)CCC(C)N)cc21. The number of nitrogens with two attached hydrogens (primary N) is 1. The van der Waals surface area contributed by atoms with Crippen LogP contribution in [0.2, 0.25) is 0 Å². The summed E-state index contributed by atoms with van der Waals surface area (Å²) in [7, 11) is 0. The molecule has 0 fully saturated rings. The number of aryl methyl sites for hydroxylation is 1. The highest BCUT2D eigenvalue weighted by Gasteiger charge is 2.06. The number of rotatable bonds is 6. The number of benzene rings is 1. The van der Waals surface area contributed by atoms with Gasteiger partial charge >= 0.3 is 0 Å². The quantitative estimate of drug-likeness (QED) is 0.849. The lowest BCUT2D eigenvalue weighted by molar-refractivity contribution is -0.116. The number of carbonyl (C=O) groups excluding carboxylic acids is 1. The number of fused-ring (bicyclic) bond motifs is 1. The molecule has 1 heterocycles. The van der Waals surface area contributed by atoms with E-state index in [0.717, 1.165) is 24.2 Å². The molecule has 0 radical (unpaired) electrons. The van der Waals surface area contributed by atoms with Crippen LogP contribution in [-0.2, 0) is 11.3 Å². The van der Waals surface area contributed by atoms with Crippen molar-refractivity contribution in [3.8, 4) is 0 Å². The van der Waals surface area contributed by atoms with Crippen molar-refractivity contribution in [2.45, 2.75) is 45.7 Å². The molecule has 1 aromatic carbocycles. The normalized spacial score (nSPS) is 12.6. The molecule has 0 bridgehead atoms. The van der Waals surface area contributed by atoms with Gasteiger partial charge in [0.2, 0.25) is 5.91 Å². The number of anilines is 1. The van der Waals surface area contributed by atoms with E-state index in [9.17, 15) is 4.79 Å². The van der Waals surface area contributed by atoms with Gasteiger partial charge in [0.05, 0.1) is 5.52 Å². The Morgan fingerprint density at radius 3 is 2.90 bits per heavy atom. The monoisotopic (exact) mass is 273 g/mol. The molecule has 3 N–H and O–H groups in total. The van der Waals surface area contributed by atoms with Gasteiger partial charge in [-0.15, -0.1) is 0 Å². The molecule has 0 spiro atoms. The summed E-state index contributed by atoms with van der Waals surface area (Å²) in [5.41, 5.74) is 7.68. The number of aromatic nitrogens is 1. The molecule has 20 heavy (non-hydrogen) atoms. The van der Waals surface area contributed by atoms with Crippen molar-refractivity contribution in [3.05, 3.63) is 30.5 Å². The van der Waals surface area contributed by atoms with Gasteiger partial charge in [0, 0.05) is 30.9 Å². The van der Waals surface area contributed by atoms with Crippen LogP contribution in [0, 0.1) is 0 Å².